The number of hydroxylamine groups is 2. The summed E-state index contributed by atoms with van der Waals surface area (Å²) in [5, 5.41) is 76.6. The zero-order valence-corrected chi connectivity index (χ0v) is 82.6. The second-order valence-corrected chi connectivity index (χ2v) is 41.1. The number of likely N-dealkylation sites (tertiary alicyclic amines) is 3. The van der Waals surface area contributed by atoms with E-state index < -0.39 is 147 Å². The minimum atomic E-state index is -1.21. The molecule has 4 saturated heterocycles. The van der Waals surface area contributed by atoms with Crippen molar-refractivity contribution in [1.82, 2.24) is 35.7 Å². The van der Waals surface area contributed by atoms with Gasteiger partial charge < -0.3 is 125 Å². The lowest BCUT2D eigenvalue weighted by Gasteiger charge is -2.61. The van der Waals surface area contributed by atoms with Gasteiger partial charge in [0.25, 0.3) is 11.8 Å². The molecule has 3 aromatic carbocycles. The number of ether oxygens (including phenoxy) is 10. The number of phenolic OH excluding ortho intramolecular Hbond substituents is 3. The molecule has 0 unspecified atom stereocenters. The van der Waals surface area contributed by atoms with Crippen molar-refractivity contribution in [2.24, 2.45) is 35.1 Å². The molecule has 0 aromatic heterocycles. The highest BCUT2D eigenvalue weighted by Crippen LogP contribution is 2.69. The molecule has 7 heterocycles. The zero-order chi connectivity index (χ0) is 101. The maximum Gasteiger partial charge on any atom is 0.408 e. The fraction of sp³-hybridized carbons (Fsp3) is 0.633. The smallest absolute Gasteiger partial charge is 0.408 e. The molecule has 5 amide bonds. The van der Waals surface area contributed by atoms with E-state index in [2.05, 4.69) is 30.7 Å². The molecule has 6 bridgehead atoms. The van der Waals surface area contributed by atoms with Crippen molar-refractivity contribution in [1.29, 1.82) is 0 Å². The number of phenols is 3. The molecule has 4 fully saturated rings. The van der Waals surface area contributed by atoms with Crippen LogP contribution in [0.25, 0.3) is 0 Å². The van der Waals surface area contributed by atoms with E-state index in [1.807, 2.05) is 87.8 Å². The predicted molar refractivity (Wildman–Crippen MR) is 496 cm³/mol. The van der Waals surface area contributed by atoms with E-state index in [1.54, 1.807) is 57.2 Å². The van der Waals surface area contributed by atoms with Gasteiger partial charge in [-0.15, -0.1) is 28.3 Å². The Morgan fingerprint density at radius 1 is 0.500 bits per heavy atom. The Bertz CT molecular complexity index is 5070. The summed E-state index contributed by atoms with van der Waals surface area (Å²) in [6.45, 7) is 25.4. The van der Waals surface area contributed by atoms with Gasteiger partial charge in [-0.25, -0.2) is 24.0 Å². The van der Waals surface area contributed by atoms with Crippen LogP contribution >= 0.6 is 23.2 Å². The van der Waals surface area contributed by atoms with Crippen LogP contribution in [0.2, 0.25) is 0 Å². The van der Waals surface area contributed by atoms with Crippen LogP contribution in [0.4, 0.5) is 4.79 Å². The Hall–Kier alpha value is -10.4. The summed E-state index contributed by atoms with van der Waals surface area (Å²) in [6, 6.07) is 8.34. The van der Waals surface area contributed by atoms with Crippen LogP contribution in [-0.4, -0.2) is 277 Å². The fourth-order valence-corrected chi connectivity index (χ4v) is 22.2. The van der Waals surface area contributed by atoms with E-state index in [0.717, 1.165) is 46.3 Å². The number of halogens is 2. The summed E-state index contributed by atoms with van der Waals surface area (Å²) in [5.74, 6) is -4.32. The molecule has 138 heavy (non-hydrogen) atoms. The van der Waals surface area contributed by atoms with E-state index >= 15 is 0 Å². The number of piperidine rings is 3. The summed E-state index contributed by atoms with van der Waals surface area (Å²) in [4.78, 5) is 158. The Kier molecular flexibility index (Phi) is 32.8. The van der Waals surface area contributed by atoms with Crippen molar-refractivity contribution in [3.63, 3.8) is 0 Å². The third kappa shape index (κ3) is 20.7. The highest BCUT2D eigenvalue weighted by Gasteiger charge is 2.76. The normalized spacial score (nSPS) is 27.6. The molecule has 0 radical (unpaired) electrons. The van der Waals surface area contributed by atoms with E-state index in [0.29, 0.717) is 86.3 Å². The van der Waals surface area contributed by atoms with Gasteiger partial charge in [0.1, 0.15) is 28.9 Å². The maximum absolute atomic E-state index is 13.0. The Labute approximate surface area is 812 Å². The average molecular weight is 1970 g/mol. The van der Waals surface area contributed by atoms with E-state index in [1.165, 1.54) is 20.8 Å². The molecule has 40 heteroatoms. The standard InChI is InChI=1S/C30H40N2O8.C29H39N3O8.C23H28N2O7.C15H24N2O6.CH2Cl2/c1-16(2)14-17(3)27(35)31-12-9-23(34)38-18(4)28(36)39-21-8-10-30(37)22-15-19-6-7-20(33)25-24(19)29(30,26(21)40-25)11-13-32(22)5;1-15(2)13-18(30)26(35)31-11-8-22(34)38-16(3)27(36)39-20-7-9-29(37)21-14-17-5-6-19(33)24-23(17)28(29,25(20)40-24)10-12-32(21)4;1-12(30-17(27)6-9-24)21(28)31-15-5-7-23(29)16-11-13-3-4-14(26)19-18(13)22(23,20(15)32-19)8-10-25(16)2;1-9(2)8-10(16-14(21)22-15(3,4)5)13(20)23-17-11(18)6-7-12(17)19;2-1-3/h6-8,16-18,22,26,33,37H,9-15H2,1-5H3,(H,31,35);5-7,15-16,18,21,25,33,37H,8-14,30H2,1-4H3,(H,31,35);3-5,12,16,20,26,29H,6-11,24H2,1-2H3;9-10H,6-8H2,1-5H3,(H,16,21);1H2/t17-,18-,22+,26-,29-,30+;16-,18-,21+,25-,28-,29+;12-,16+,20-,22-,23+;10-;/m0000./s1. The van der Waals surface area contributed by atoms with E-state index in [4.69, 9.17) is 86.9 Å². The van der Waals surface area contributed by atoms with Crippen molar-refractivity contribution in [2.75, 3.05) is 65.8 Å². The molecule has 7 aliphatic heterocycles. The first-order chi connectivity index (χ1) is 64.9. The molecular weight excluding hydrogens is 1840 g/mol. The minimum Gasteiger partial charge on any atom is -0.504 e. The van der Waals surface area contributed by atoms with Crippen LogP contribution in [0.3, 0.4) is 0 Å². The number of hydrogen-bond acceptors (Lipinski definition) is 34. The van der Waals surface area contributed by atoms with Gasteiger partial charge in [0.2, 0.25) is 11.8 Å². The zero-order valence-electron chi connectivity index (χ0n) is 81.1. The van der Waals surface area contributed by atoms with Crippen LogP contribution in [0.5, 0.6) is 34.5 Å². The number of likely N-dealkylation sites (N-methyl/N-ethyl adjacent to an activating group) is 3. The van der Waals surface area contributed by atoms with Crippen molar-refractivity contribution >= 4 is 94.7 Å². The molecule has 0 saturated carbocycles. The van der Waals surface area contributed by atoms with Crippen LogP contribution < -0.4 is 41.6 Å². The van der Waals surface area contributed by atoms with Crippen molar-refractivity contribution in [3.8, 4) is 34.5 Å². The molecule has 18 atom stereocenters. The fourth-order valence-electron chi connectivity index (χ4n) is 22.2. The van der Waals surface area contributed by atoms with Crippen LogP contribution in [-0.2, 0) is 126 Å². The predicted octanol–water partition coefficient (Wildman–Crippen LogP) is 6.81. The number of amides is 5. The van der Waals surface area contributed by atoms with Crippen LogP contribution in [0, 0.1) is 23.7 Å². The number of nitrogens with two attached hydrogens (primary N) is 2. The van der Waals surface area contributed by atoms with Gasteiger partial charge in [0, 0.05) is 92.5 Å². The second kappa shape index (κ2) is 42.6. The number of hydrogen-bond donors (Lipinski definition) is 11. The molecule has 3 spiro atoms. The van der Waals surface area contributed by atoms with E-state index in [-0.39, 0.29) is 165 Å². The number of aliphatic hydroxyl groups is 3. The van der Waals surface area contributed by atoms with Crippen molar-refractivity contribution in [2.45, 2.75) is 305 Å². The van der Waals surface area contributed by atoms with Gasteiger partial charge >= 0.3 is 47.9 Å². The molecule has 16 rings (SSSR count). The first kappa shape index (κ1) is 106. The Morgan fingerprint density at radius 3 is 1.16 bits per heavy atom. The number of imide groups is 1. The number of aromatic hydroxyl groups is 3. The number of benzene rings is 3. The lowest BCUT2D eigenvalue weighted by atomic mass is 9.50. The number of nitrogens with zero attached hydrogens (tertiary/aromatic N) is 4. The minimum absolute atomic E-state index is 0.00186. The number of nitrogens with one attached hydrogen (secondary N) is 3. The number of rotatable bonds is 28. The lowest BCUT2D eigenvalue weighted by Crippen LogP contribution is -2.74. The second-order valence-electron chi connectivity index (χ2n) is 40.3. The van der Waals surface area contributed by atoms with Crippen LogP contribution in [0.1, 0.15) is 213 Å². The SMILES string of the molecule is CC(C)C[C@H](C)C(=O)NCCC(=O)O[C@@H](C)C(=O)OC1=CC[C@@]2(O)[C@H]3Cc4ccc(O)c5c4[C@@]2(CCN3C)[C@H]1O5.CC(C)C[C@H](N)C(=O)NCCC(=O)O[C@@H](C)C(=O)OC1=CC[C@@]2(O)[C@H]3Cc4ccc(O)c5c4[C@@]2(CCN3C)[C@H]1O5.CC(C)C[C@H](NC(=O)OC(C)(C)C)C(=O)ON1C(=O)CCC1=O.C[C@H](OC(=O)CCN)C(=O)OC1=CC[C@@]2(O)[C@H]3Cc4ccc(O)c5c4[C@@]2(CCN3C)[C@H]1O5.ClCCl. The Morgan fingerprint density at radius 2 is 0.833 bits per heavy atom. The monoisotopic (exact) mass is 1970 g/mol. The lowest BCUT2D eigenvalue weighted by molar-refractivity contribution is -0.199. The van der Waals surface area contributed by atoms with Gasteiger partial charge in [-0.2, -0.15) is 0 Å². The first-order valence-electron chi connectivity index (χ1n) is 47.3. The molecule has 13 aliphatic rings. The van der Waals surface area contributed by atoms with Gasteiger partial charge in [-0.3, -0.25) is 33.6 Å². The topological polar surface area (TPSA) is 529 Å². The van der Waals surface area contributed by atoms with Gasteiger partial charge in [-0.05, 0) is 211 Å². The molecule has 38 nitrogen and oxygen atoms in total. The molecule has 6 aliphatic carbocycles. The maximum atomic E-state index is 13.0. The Balaban J connectivity index is 0.000000166. The van der Waals surface area contributed by atoms with Gasteiger partial charge in [0.05, 0.1) is 63.7 Å². The third-order valence-corrected chi connectivity index (χ3v) is 28.4. The van der Waals surface area contributed by atoms with Crippen molar-refractivity contribution < 1.29 is 140 Å². The summed E-state index contributed by atoms with van der Waals surface area (Å²) in [7, 11) is 6.00. The van der Waals surface area contributed by atoms with Gasteiger partial charge in [-0.1, -0.05) is 66.7 Å². The van der Waals surface area contributed by atoms with Crippen LogP contribution in [0.15, 0.2) is 71.9 Å². The highest BCUT2D eigenvalue weighted by atomic mass is 35.5. The summed E-state index contributed by atoms with van der Waals surface area (Å²) in [6.07, 6.45) is 4.13. The highest BCUT2D eigenvalue weighted by molar-refractivity contribution is 6.40. The molecular formula is C98H133Cl2N9O29. The average Bonchev–Trinajstić information content (AvgIpc) is 1.50. The van der Waals surface area contributed by atoms with Crippen molar-refractivity contribution in [3.05, 3.63) is 105 Å². The largest absolute Gasteiger partial charge is 0.504 e. The quantitative estimate of drug-likeness (QED) is 0.0154. The summed E-state index contributed by atoms with van der Waals surface area (Å²) >= 11 is 9.53. The number of carbonyl (C=O) groups is 12. The summed E-state index contributed by atoms with van der Waals surface area (Å²) < 4.78 is 56.7. The van der Waals surface area contributed by atoms with Gasteiger partial charge in [0.15, 0.2) is 71.1 Å². The third-order valence-electron chi connectivity index (χ3n) is 28.4. The van der Waals surface area contributed by atoms with E-state index in [9.17, 15) is 88.2 Å². The summed E-state index contributed by atoms with van der Waals surface area (Å²) in [5.41, 5.74) is 9.87. The number of alkyl carbamates (subject to hydrolysis) is 1. The number of carbonyl (C=O) groups excluding carboxylic acids is 12. The molecule has 3 aromatic rings. The molecule has 13 N–H and O–H groups in total. The number of alkyl halides is 2. The molecule has 758 valence electrons. The first-order valence-corrected chi connectivity index (χ1v) is 48.4. The number of esters is 6.